The van der Waals surface area contributed by atoms with Gasteiger partial charge in [0.2, 0.25) is 0 Å². The number of ether oxygens (including phenoxy) is 1. The van der Waals surface area contributed by atoms with Gasteiger partial charge in [0.1, 0.15) is 17.6 Å². The molecule has 1 amide bonds. The van der Waals surface area contributed by atoms with Crippen molar-refractivity contribution in [3.63, 3.8) is 0 Å². The molecule has 0 radical (unpaired) electrons. The van der Waals surface area contributed by atoms with Crippen LogP contribution in [0, 0.1) is 0 Å². The summed E-state index contributed by atoms with van der Waals surface area (Å²) in [6.45, 7) is 5.48. The number of aromatic nitrogens is 1. The van der Waals surface area contributed by atoms with Gasteiger partial charge in [-0.25, -0.2) is 4.79 Å². The van der Waals surface area contributed by atoms with Crippen molar-refractivity contribution in [3.8, 4) is 11.3 Å². The highest BCUT2D eigenvalue weighted by molar-refractivity contribution is 5.85. The van der Waals surface area contributed by atoms with Crippen LogP contribution in [0.15, 0.2) is 65.4 Å². The molecule has 1 aromatic heterocycles. The Morgan fingerprint density at radius 2 is 1.77 bits per heavy atom. The molecule has 1 N–H and O–H groups in total. The highest BCUT2D eigenvalue weighted by atomic mass is 16.6. The van der Waals surface area contributed by atoms with Gasteiger partial charge in [-0.3, -0.25) is 5.32 Å². The predicted molar refractivity (Wildman–Crippen MR) is 101 cm³/mol. The van der Waals surface area contributed by atoms with Crippen molar-refractivity contribution in [2.45, 2.75) is 32.8 Å². The maximum atomic E-state index is 11.8. The summed E-state index contributed by atoms with van der Waals surface area (Å²) in [5, 5.41) is 6.86. The molecule has 0 fully saturated rings. The lowest BCUT2D eigenvalue weighted by molar-refractivity contribution is 0.0636. The van der Waals surface area contributed by atoms with Crippen LogP contribution in [-0.4, -0.2) is 16.9 Å². The zero-order valence-electron chi connectivity index (χ0n) is 15.2. The summed E-state index contributed by atoms with van der Waals surface area (Å²) in [5.74, 6) is 0. The van der Waals surface area contributed by atoms with E-state index in [1.165, 1.54) is 5.56 Å². The summed E-state index contributed by atoms with van der Waals surface area (Å²) in [7, 11) is 0. The molecule has 0 spiro atoms. The first-order valence-electron chi connectivity index (χ1n) is 8.48. The number of hydrogen-bond acceptors (Lipinski definition) is 4. The number of nitrogens with zero attached hydrogens (tertiary/aromatic N) is 1. The maximum absolute atomic E-state index is 11.8. The Morgan fingerprint density at radius 3 is 2.42 bits per heavy atom. The quantitative estimate of drug-likeness (QED) is 0.695. The number of benzene rings is 2. The van der Waals surface area contributed by atoms with E-state index in [0.717, 1.165) is 23.2 Å². The van der Waals surface area contributed by atoms with Crippen molar-refractivity contribution in [1.29, 1.82) is 0 Å². The lowest BCUT2D eigenvalue weighted by Crippen LogP contribution is -2.27. The Morgan fingerprint density at radius 1 is 1.08 bits per heavy atom. The van der Waals surface area contributed by atoms with Gasteiger partial charge in [-0.1, -0.05) is 47.6 Å². The summed E-state index contributed by atoms with van der Waals surface area (Å²) >= 11 is 0. The van der Waals surface area contributed by atoms with Gasteiger partial charge < -0.3 is 9.26 Å². The van der Waals surface area contributed by atoms with Gasteiger partial charge in [0.15, 0.2) is 0 Å². The normalized spacial score (nSPS) is 11.2. The van der Waals surface area contributed by atoms with Gasteiger partial charge in [0.05, 0.1) is 0 Å². The van der Waals surface area contributed by atoms with E-state index in [-0.39, 0.29) is 0 Å². The van der Waals surface area contributed by atoms with E-state index in [4.69, 9.17) is 9.26 Å². The molecule has 0 unspecified atom stereocenters. The number of anilines is 1. The Bertz CT molecular complexity index is 862. The number of carbonyl (C=O) groups excluding carboxylic acids is 1. The summed E-state index contributed by atoms with van der Waals surface area (Å²) < 4.78 is 10.4. The predicted octanol–water partition coefficient (Wildman–Crippen LogP) is 5.28. The third kappa shape index (κ3) is 4.72. The fraction of sp³-hybridized carbons (Fsp3) is 0.238. The van der Waals surface area contributed by atoms with Crippen LogP contribution >= 0.6 is 0 Å². The van der Waals surface area contributed by atoms with Gasteiger partial charge in [0, 0.05) is 23.2 Å². The number of amides is 1. The molecule has 5 nitrogen and oxygen atoms in total. The van der Waals surface area contributed by atoms with Crippen molar-refractivity contribution in [1.82, 2.24) is 5.16 Å². The van der Waals surface area contributed by atoms with Crippen molar-refractivity contribution in [3.05, 3.63) is 72.0 Å². The molecule has 0 bridgehead atoms. The minimum atomic E-state index is -0.531. The molecule has 134 valence electrons. The largest absolute Gasteiger partial charge is 0.444 e. The van der Waals surface area contributed by atoms with E-state index < -0.39 is 11.7 Å². The van der Waals surface area contributed by atoms with E-state index in [2.05, 4.69) is 22.6 Å². The third-order valence-corrected chi connectivity index (χ3v) is 3.68. The minimum absolute atomic E-state index is 0.476. The van der Waals surface area contributed by atoms with Crippen LogP contribution in [0.4, 0.5) is 10.5 Å². The average molecular weight is 350 g/mol. The van der Waals surface area contributed by atoms with E-state index in [1.54, 1.807) is 6.26 Å². The van der Waals surface area contributed by atoms with Crippen LogP contribution in [0.25, 0.3) is 11.3 Å². The number of nitrogens with one attached hydrogen (secondary N) is 1. The highest BCUT2D eigenvalue weighted by Gasteiger charge is 2.16. The number of rotatable bonds is 4. The third-order valence-electron chi connectivity index (χ3n) is 3.68. The molecule has 3 rings (SSSR count). The molecular weight excluding hydrogens is 328 g/mol. The maximum Gasteiger partial charge on any atom is 0.412 e. The molecule has 5 heteroatoms. The van der Waals surface area contributed by atoms with Crippen LogP contribution in [-0.2, 0) is 11.2 Å². The Balaban J connectivity index is 1.72. The standard InChI is InChI=1S/C21H22N2O3/c1-21(2,3)26-20(24)22-18-11-9-16(10-12-18)19-17(14-25-23-19)13-15-7-5-4-6-8-15/h4-12,14H,13H2,1-3H3,(H,22,24). The second-order valence-electron chi connectivity index (χ2n) is 7.06. The lowest BCUT2D eigenvalue weighted by Gasteiger charge is -2.19. The summed E-state index contributed by atoms with van der Waals surface area (Å²) in [6.07, 6.45) is 1.95. The van der Waals surface area contributed by atoms with Gasteiger partial charge in [-0.2, -0.15) is 0 Å². The zero-order valence-corrected chi connectivity index (χ0v) is 15.2. The monoisotopic (exact) mass is 350 g/mol. The summed E-state index contributed by atoms with van der Waals surface area (Å²) in [5.41, 5.74) is 4.08. The van der Waals surface area contributed by atoms with Crippen LogP contribution in [0.3, 0.4) is 0 Å². The number of carbonyl (C=O) groups is 1. The molecule has 0 saturated carbocycles. The molecule has 0 aliphatic carbocycles. The van der Waals surface area contributed by atoms with Gasteiger partial charge in [0.25, 0.3) is 0 Å². The highest BCUT2D eigenvalue weighted by Crippen LogP contribution is 2.26. The number of hydrogen-bond donors (Lipinski definition) is 1. The van der Waals surface area contributed by atoms with Crippen molar-refractivity contribution in [2.75, 3.05) is 5.32 Å². The molecular formula is C21H22N2O3. The molecule has 26 heavy (non-hydrogen) atoms. The van der Waals surface area contributed by atoms with Crippen LogP contribution in [0.2, 0.25) is 0 Å². The Labute approximate surface area is 153 Å². The SMILES string of the molecule is CC(C)(C)OC(=O)Nc1ccc(-c2nocc2Cc2ccccc2)cc1. The summed E-state index contributed by atoms with van der Waals surface area (Å²) in [4.78, 5) is 11.8. The van der Waals surface area contributed by atoms with Crippen LogP contribution in [0.1, 0.15) is 31.9 Å². The second kappa shape index (κ2) is 7.44. The van der Waals surface area contributed by atoms with Gasteiger partial charge in [-0.15, -0.1) is 0 Å². The lowest BCUT2D eigenvalue weighted by atomic mass is 10.0. The fourth-order valence-electron chi connectivity index (χ4n) is 2.57. The molecule has 2 aromatic carbocycles. The molecule has 3 aromatic rings. The Hall–Kier alpha value is -3.08. The fourth-order valence-corrected chi connectivity index (χ4v) is 2.57. The van der Waals surface area contributed by atoms with Crippen LogP contribution in [0.5, 0.6) is 0 Å². The van der Waals surface area contributed by atoms with Crippen molar-refractivity contribution >= 4 is 11.8 Å². The Kier molecular flexibility index (Phi) is 5.07. The van der Waals surface area contributed by atoms with Crippen molar-refractivity contribution in [2.24, 2.45) is 0 Å². The first-order chi connectivity index (χ1) is 12.4. The zero-order chi connectivity index (χ0) is 18.6. The molecule has 0 aliphatic heterocycles. The second-order valence-corrected chi connectivity index (χ2v) is 7.06. The van der Waals surface area contributed by atoms with E-state index in [9.17, 15) is 4.79 Å². The van der Waals surface area contributed by atoms with Gasteiger partial charge >= 0.3 is 6.09 Å². The molecule has 0 saturated heterocycles. The molecule has 0 atom stereocenters. The molecule has 0 aliphatic rings. The summed E-state index contributed by atoms with van der Waals surface area (Å²) in [6, 6.07) is 17.6. The van der Waals surface area contributed by atoms with Crippen LogP contribution < -0.4 is 5.32 Å². The minimum Gasteiger partial charge on any atom is -0.444 e. The first-order valence-corrected chi connectivity index (χ1v) is 8.48. The average Bonchev–Trinajstić information content (AvgIpc) is 3.03. The molecule has 1 heterocycles. The topological polar surface area (TPSA) is 64.4 Å². The van der Waals surface area contributed by atoms with E-state index in [0.29, 0.717) is 5.69 Å². The van der Waals surface area contributed by atoms with E-state index in [1.807, 2.05) is 63.2 Å². The van der Waals surface area contributed by atoms with E-state index >= 15 is 0 Å². The smallest absolute Gasteiger partial charge is 0.412 e. The van der Waals surface area contributed by atoms with Crippen molar-refractivity contribution < 1.29 is 14.1 Å². The van der Waals surface area contributed by atoms with Gasteiger partial charge in [-0.05, 0) is 38.5 Å². The first kappa shape index (κ1) is 17.7.